The molecule has 0 radical (unpaired) electrons. The van der Waals surface area contributed by atoms with E-state index in [0.717, 1.165) is 21.6 Å². The highest BCUT2D eigenvalue weighted by Crippen LogP contribution is 2.33. The van der Waals surface area contributed by atoms with Gasteiger partial charge in [-0.05, 0) is 23.6 Å². The van der Waals surface area contributed by atoms with Gasteiger partial charge in [0.25, 0.3) is 0 Å². The van der Waals surface area contributed by atoms with Crippen LogP contribution in [0.3, 0.4) is 0 Å². The Hall–Kier alpha value is -1.69. The van der Waals surface area contributed by atoms with Crippen LogP contribution < -0.4 is 5.32 Å². The van der Waals surface area contributed by atoms with Crippen LogP contribution in [0.1, 0.15) is 0 Å². The first kappa shape index (κ1) is 14.3. The van der Waals surface area contributed by atoms with E-state index in [0.29, 0.717) is 24.0 Å². The molecule has 2 aromatic heterocycles. The van der Waals surface area contributed by atoms with Crippen molar-refractivity contribution < 1.29 is 4.74 Å². The summed E-state index contributed by atoms with van der Waals surface area (Å²) in [6, 6.07) is 9.78. The second kappa shape index (κ2) is 6.39. The van der Waals surface area contributed by atoms with Crippen molar-refractivity contribution in [1.82, 2.24) is 9.97 Å². The number of aromatic nitrogens is 2. The number of rotatable bonds is 5. The Balaban J connectivity index is 2.08. The van der Waals surface area contributed by atoms with Gasteiger partial charge in [-0.2, -0.15) is 0 Å². The van der Waals surface area contributed by atoms with E-state index in [9.17, 15) is 0 Å². The van der Waals surface area contributed by atoms with E-state index < -0.39 is 0 Å². The molecule has 0 aliphatic rings. The van der Waals surface area contributed by atoms with Crippen molar-refractivity contribution in [3.8, 4) is 10.7 Å². The third-order valence-electron chi connectivity index (χ3n) is 3.02. The number of para-hydroxylation sites is 1. The number of benzene rings is 1. The molecule has 6 heteroatoms. The first-order valence-corrected chi connectivity index (χ1v) is 7.78. The molecule has 108 valence electrons. The van der Waals surface area contributed by atoms with Gasteiger partial charge in [-0.1, -0.05) is 23.7 Å². The summed E-state index contributed by atoms with van der Waals surface area (Å²) in [5.41, 5.74) is 0.895. The molecule has 3 rings (SSSR count). The number of hydrogen-bond donors (Lipinski definition) is 1. The predicted molar refractivity (Wildman–Crippen MR) is 88.2 cm³/mol. The molecule has 0 amide bonds. The van der Waals surface area contributed by atoms with Gasteiger partial charge in [0.05, 0.1) is 22.0 Å². The van der Waals surface area contributed by atoms with Crippen molar-refractivity contribution in [2.24, 2.45) is 0 Å². The van der Waals surface area contributed by atoms with E-state index in [1.807, 2.05) is 35.7 Å². The third kappa shape index (κ3) is 3.00. The third-order valence-corrected chi connectivity index (χ3v) is 4.36. The number of methoxy groups -OCH3 is 1. The molecule has 1 N–H and O–H groups in total. The summed E-state index contributed by atoms with van der Waals surface area (Å²) in [5, 5.41) is 6.90. The van der Waals surface area contributed by atoms with Crippen LogP contribution in [0.4, 0.5) is 5.82 Å². The van der Waals surface area contributed by atoms with Crippen molar-refractivity contribution in [3.63, 3.8) is 0 Å². The average Bonchev–Trinajstić information content (AvgIpc) is 2.93. The zero-order valence-corrected chi connectivity index (χ0v) is 13.0. The van der Waals surface area contributed by atoms with Gasteiger partial charge >= 0.3 is 0 Å². The van der Waals surface area contributed by atoms with Crippen molar-refractivity contribution in [3.05, 3.63) is 40.7 Å². The second-order valence-electron chi connectivity index (χ2n) is 4.43. The van der Waals surface area contributed by atoms with Gasteiger partial charge in [-0.15, -0.1) is 11.3 Å². The molecule has 0 fully saturated rings. The minimum Gasteiger partial charge on any atom is -0.383 e. The van der Waals surface area contributed by atoms with Gasteiger partial charge in [-0.3, -0.25) is 0 Å². The Morgan fingerprint density at radius 3 is 2.86 bits per heavy atom. The standard InChI is InChI=1S/C15H14ClN3OS/c1-20-8-7-17-14-10-4-2-3-5-12(10)18-15(19-14)13-11(16)6-9-21-13/h2-6,9H,7-8H2,1H3,(H,17,18,19). The van der Waals surface area contributed by atoms with Crippen molar-refractivity contribution in [1.29, 1.82) is 0 Å². The summed E-state index contributed by atoms with van der Waals surface area (Å²) < 4.78 is 5.07. The maximum absolute atomic E-state index is 6.19. The highest BCUT2D eigenvalue weighted by atomic mass is 35.5. The fraction of sp³-hybridized carbons (Fsp3) is 0.200. The number of nitrogens with one attached hydrogen (secondary N) is 1. The lowest BCUT2D eigenvalue weighted by atomic mass is 10.2. The first-order chi connectivity index (χ1) is 10.3. The maximum atomic E-state index is 6.19. The largest absolute Gasteiger partial charge is 0.383 e. The number of thiophene rings is 1. The van der Waals surface area contributed by atoms with Crippen LogP contribution in [-0.2, 0) is 4.74 Å². The van der Waals surface area contributed by atoms with Gasteiger partial charge < -0.3 is 10.1 Å². The molecule has 0 unspecified atom stereocenters. The van der Waals surface area contributed by atoms with E-state index >= 15 is 0 Å². The van der Waals surface area contributed by atoms with Gasteiger partial charge in [0.15, 0.2) is 5.82 Å². The normalized spacial score (nSPS) is 11.0. The van der Waals surface area contributed by atoms with Crippen molar-refractivity contribution in [2.45, 2.75) is 0 Å². The number of nitrogens with zero attached hydrogens (tertiary/aromatic N) is 2. The lowest BCUT2D eigenvalue weighted by Gasteiger charge is -2.10. The summed E-state index contributed by atoms with van der Waals surface area (Å²) in [5.74, 6) is 1.45. The van der Waals surface area contributed by atoms with Crippen molar-refractivity contribution in [2.75, 3.05) is 25.6 Å². The van der Waals surface area contributed by atoms with E-state index in [1.54, 1.807) is 7.11 Å². The Morgan fingerprint density at radius 2 is 2.10 bits per heavy atom. The van der Waals surface area contributed by atoms with Gasteiger partial charge in [-0.25, -0.2) is 9.97 Å². The van der Waals surface area contributed by atoms with E-state index in [1.165, 1.54) is 11.3 Å². The molecular weight excluding hydrogens is 306 g/mol. The van der Waals surface area contributed by atoms with Crippen LogP contribution in [0.15, 0.2) is 35.7 Å². The monoisotopic (exact) mass is 319 g/mol. The number of ether oxygens (including phenoxy) is 1. The highest BCUT2D eigenvalue weighted by molar-refractivity contribution is 7.14. The zero-order chi connectivity index (χ0) is 14.7. The predicted octanol–water partition coefficient (Wildman–Crippen LogP) is 4.07. The van der Waals surface area contributed by atoms with Crippen LogP contribution in [0.5, 0.6) is 0 Å². The molecule has 4 nitrogen and oxygen atoms in total. The van der Waals surface area contributed by atoms with E-state index in [-0.39, 0.29) is 0 Å². The zero-order valence-electron chi connectivity index (χ0n) is 11.5. The number of halogens is 1. The van der Waals surface area contributed by atoms with Crippen LogP contribution in [-0.4, -0.2) is 30.2 Å². The molecule has 21 heavy (non-hydrogen) atoms. The Labute approximate surface area is 131 Å². The minimum absolute atomic E-state index is 0.618. The van der Waals surface area contributed by atoms with E-state index in [4.69, 9.17) is 16.3 Å². The molecule has 0 saturated carbocycles. The Kier molecular flexibility index (Phi) is 4.34. The van der Waals surface area contributed by atoms with Gasteiger partial charge in [0.1, 0.15) is 5.82 Å². The second-order valence-corrected chi connectivity index (χ2v) is 5.75. The quantitative estimate of drug-likeness (QED) is 0.720. The number of fused-ring (bicyclic) bond motifs is 1. The lowest BCUT2D eigenvalue weighted by molar-refractivity contribution is 0.210. The maximum Gasteiger partial charge on any atom is 0.173 e. The first-order valence-electron chi connectivity index (χ1n) is 6.52. The highest BCUT2D eigenvalue weighted by Gasteiger charge is 2.12. The smallest absolute Gasteiger partial charge is 0.173 e. The summed E-state index contributed by atoms with van der Waals surface area (Å²) in [6.45, 7) is 1.31. The van der Waals surface area contributed by atoms with Crippen molar-refractivity contribution >= 4 is 39.7 Å². The van der Waals surface area contributed by atoms with Crippen LogP contribution in [0.2, 0.25) is 5.02 Å². The minimum atomic E-state index is 0.618. The number of hydrogen-bond acceptors (Lipinski definition) is 5. The molecule has 0 spiro atoms. The van der Waals surface area contributed by atoms with Crippen LogP contribution in [0, 0.1) is 0 Å². The summed E-state index contributed by atoms with van der Waals surface area (Å²) in [6.07, 6.45) is 0. The molecule has 3 aromatic rings. The lowest BCUT2D eigenvalue weighted by Crippen LogP contribution is -2.10. The summed E-state index contributed by atoms with van der Waals surface area (Å²) in [7, 11) is 1.68. The average molecular weight is 320 g/mol. The fourth-order valence-corrected chi connectivity index (χ4v) is 3.11. The molecule has 0 saturated heterocycles. The fourth-order valence-electron chi connectivity index (χ4n) is 2.04. The molecule has 0 aliphatic carbocycles. The van der Waals surface area contributed by atoms with Crippen LogP contribution in [0.25, 0.3) is 21.6 Å². The van der Waals surface area contributed by atoms with Crippen LogP contribution >= 0.6 is 22.9 Å². The molecule has 2 heterocycles. The SMILES string of the molecule is COCCNc1nc(-c2sccc2Cl)nc2ccccc12. The molecule has 1 aromatic carbocycles. The molecular formula is C15H14ClN3OS. The molecule has 0 atom stereocenters. The summed E-state index contributed by atoms with van der Waals surface area (Å²) >= 11 is 7.73. The van der Waals surface area contributed by atoms with Gasteiger partial charge in [0, 0.05) is 19.0 Å². The molecule has 0 aliphatic heterocycles. The van der Waals surface area contributed by atoms with E-state index in [2.05, 4.69) is 15.3 Å². The summed E-state index contributed by atoms with van der Waals surface area (Å²) in [4.78, 5) is 10.1. The topological polar surface area (TPSA) is 47.0 Å². The molecule has 0 bridgehead atoms. The van der Waals surface area contributed by atoms with Gasteiger partial charge in [0.2, 0.25) is 0 Å². The Morgan fingerprint density at radius 1 is 1.24 bits per heavy atom. The Bertz CT molecular complexity index is 760. The number of anilines is 1.